The third-order valence-electron chi connectivity index (χ3n) is 1.80. The predicted octanol–water partition coefficient (Wildman–Crippen LogP) is 4.59. The molecule has 0 nitrogen and oxygen atoms in total. The molecule has 0 rings (SSSR count). The van der Waals surface area contributed by atoms with Crippen LogP contribution in [0.1, 0.15) is 6.42 Å². The van der Waals surface area contributed by atoms with Gasteiger partial charge in [0.05, 0.1) is 0 Å². The molecule has 0 amide bonds. The van der Waals surface area contributed by atoms with Crippen LogP contribution in [0.15, 0.2) is 24.8 Å². The predicted molar refractivity (Wildman–Crippen MR) is 44.9 cm³/mol. The van der Waals surface area contributed by atoms with Gasteiger partial charge < -0.3 is 0 Å². The lowest BCUT2D eigenvalue weighted by Crippen LogP contribution is -2.60. The maximum atomic E-state index is 12.7. The minimum absolute atomic E-state index is 0.313. The normalized spacial score (nSPS) is 15.2. The van der Waals surface area contributed by atoms with Gasteiger partial charge >= 0.3 is 23.9 Å². The zero-order valence-corrected chi connectivity index (χ0v) is 8.55. The van der Waals surface area contributed by atoms with Crippen molar-refractivity contribution in [2.24, 2.45) is 0 Å². The van der Waals surface area contributed by atoms with E-state index >= 15 is 0 Å². The monoisotopic (exact) mass is 286 g/mol. The Morgan fingerprint density at radius 1 is 0.778 bits per heavy atom. The van der Waals surface area contributed by atoms with Gasteiger partial charge in [-0.1, -0.05) is 12.2 Å². The van der Waals surface area contributed by atoms with E-state index in [4.69, 9.17) is 0 Å². The fourth-order valence-electron chi connectivity index (χ4n) is 0.804. The molecular weight excluding hydrogens is 279 g/mol. The third kappa shape index (κ3) is 2.81. The molecule has 0 saturated carbocycles. The molecule has 0 unspecified atom stereocenters. The van der Waals surface area contributed by atoms with Crippen LogP contribution in [0.5, 0.6) is 0 Å². The molecule has 0 aliphatic rings. The minimum Gasteiger partial charge on any atom is -0.195 e. The van der Waals surface area contributed by atoms with Crippen LogP contribution < -0.4 is 0 Å². The molecule has 0 fully saturated rings. The Morgan fingerprint density at radius 2 is 1.22 bits per heavy atom. The molecule has 0 radical (unpaired) electrons. The van der Waals surface area contributed by atoms with Crippen molar-refractivity contribution in [1.82, 2.24) is 0 Å². The standard InChI is InChI=1S/C9H7F9/c1-2-3-4-5-6(10,11)7(12,13)8(14,15)9(16,17)18/h2,4-5H,1,3H2/b5-4-. The Morgan fingerprint density at radius 3 is 1.56 bits per heavy atom. The quantitative estimate of drug-likeness (QED) is 0.512. The van der Waals surface area contributed by atoms with E-state index in [1.807, 2.05) is 0 Å². The minimum atomic E-state index is -6.85. The van der Waals surface area contributed by atoms with Gasteiger partial charge in [-0.15, -0.1) is 6.58 Å². The van der Waals surface area contributed by atoms with Crippen LogP contribution in [-0.4, -0.2) is 23.9 Å². The molecule has 0 saturated heterocycles. The van der Waals surface area contributed by atoms with Crippen LogP contribution in [0.4, 0.5) is 39.5 Å². The van der Waals surface area contributed by atoms with Crippen molar-refractivity contribution in [2.45, 2.75) is 30.4 Å². The smallest absolute Gasteiger partial charge is 0.195 e. The molecule has 0 bridgehead atoms. The Hall–Kier alpha value is -1.15. The second-order valence-electron chi connectivity index (χ2n) is 3.20. The summed E-state index contributed by atoms with van der Waals surface area (Å²) in [4.78, 5) is 0. The highest BCUT2D eigenvalue weighted by Crippen LogP contribution is 2.53. The number of hydrogen-bond donors (Lipinski definition) is 0. The largest absolute Gasteiger partial charge is 0.460 e. The first kappa shape index (κ1) is 16.8. The first-order valence-corrected chi connectivity index (χ1v) is 4.30. The molecule has 18 heavy (non-hydrogen) atoms. The molecule has 0 aromatic heterocycles. The molecule has 0 aliphatic heterocycles. The van der Waals surface area contributed by atoms with Crippen molar-refractivity contribution >= 4 is 0 Å². The van der Waals surface area contributed by atoms with Gasteiger partial charge in [0.1, 0.15) is 0 Å². The van der Waals surface area contributed by atoms with E-state index in [0.29, 0.717) is 6.08 Å². The van der Waals surface area contributed by atoms with Crippen molar-refractivity contribution in [3.63, 3.8) is 0 Å². The molecule has 0 spiro atoms. The summed E-state index contributed by atoms with van der Waals surface area (Å²) in [6.07, 6.45) is -6.59. The molecule has 0 aromatic carbocycles. The SMILES string of the molecule is C=CC/C=C\C(F)(F)C(F)(F)C(F)(F)C(F)(F)F. The lowest BCUT2D eigenvalue weighted by atomic mass is 10.0. The van der Waals surface area contributed by atoms with Gasteiger partial charge in [-0.25, -0.2) is 0 Å². The van der Waals surface area contributed by atoms with Crippen LogP contribution in [0.2, 0.25) is 0 Å². The average Bonchev–Trinajstić information content (AvgIpc) is 2.15. The lowest BCUT2D eigenvalue weighted by Gasteiger charge is -2.32. The molecule has 9 heteroatoms. The van der Waals surface area contributed by atoms with Crippen molar-refractivity contribution < 1.29 is 39.5 Å². The van der Waals surface area contributed by atoms with E-state index in [1.165, 1.54) is 0 Å². The number of hydrogen-bond acceptors (Lipinski definition) is 0. The zero-order valence-electron chi connectivity index (χ0n) is 8.55. The molecule has 0 aliphatic carbocycles. The third-order valence-corrected chi connectivity index (χ3v) is 1.80. The maximum absolute atomic E-state index is 12.7. The van der Waals surface area contributed by atoms with Crippen LogP contribution >= 0.6 is 0 Å². The van der Waals surface area contributed by atoms with Crippen molar-refractivity contribution in [2.75, 3.05) is 0 Å². The van der Waals surface area contributed by atoms with E-state index in [-0.39, 0.29) is 6.42 Å². The molecule has 0 atom stereocenters. The average molecular weight is 286 g/mol. The van der Waals surface area contributed by atoms with Gasteiger partial charge in [0, 0.05) is 0 Å². The summed E-state index contributed by atoms with van der Waals surface area (Å²) >= 11 is 0. The van der Waals surface area contributed by atoms with Crippen LogP contribution in [0.3, 0.4) is 0 Å². The number of rotatable bonds is 5. The van der Waals surface area contributed by atoms with Gasteiger partial charge in [-0.3, -0.25) is 0 Å². The van der Waals surface area contributed by atoms with Crippen LogP contribution in [0, 0.1) is 0 Å². The van der Waals surface area contributed by atoms with Gasteiger partial charge in [0.2, 0.25) is 0 Å². The Bertz CT molecular complexity index is 323. The van der Waals surface area contributed by atoms with Gasteiger partial charge in [0.25, 0.3) is 0 Å². The van der Waals surface area contributed by atoms with E-state index in [9.17, 15) is 39.5 Å². The summed E-state index contributed by atoms with van der Waals surface area (Å²) in [6.45, 7) is 3.02. The summed E-state index contributed by atoms with van der Waals surface area (Å²) in [7, 11) is 0. The summed E-state index contributed by atoms with van der Waals surface area (Å²) in [6, 6.07) is 0. The number of allylic oxidation sites excluding steroid dienone is 3. The second kappa shape index (κ2) is 4.85. The van der Waals surface area contributed by atoms with Crippen molar-refractivity contribution in [1.29, 1.82) is 0 Å². The highest BCUT2D eigenvalue weighted by Gasteiger charge is 2.81. The molecule has 106 valence electrons. The summed E-state index contributed by atoms with van der Waals surface area (Å²) in [5.74, 6) is -19.1. The van der Waals surface area contributed by atoms with Gasteiger partial charge in [-0.2, -0.15) is 39.5 Å². The van der Waals surface area contributed by atoms with Gasteiger partial charge in [0.15, 0.2) is 0 Å². The first-order valence-electron chi connectivity index (χ1n) is 4.30. The van der Waals surface area contributed by atoms with Crippen molar-refractivity contribution in [3.8, 4) is 0 Å². The Labute approximate surface area is 95.8 Å². The Kier molecular flexibility index (Phi) is 4.54. The fraction of sp³-hybridized carbons (Fsp3) is 0.556. The molecule has 0 N–H and O–H groups in total. The molecule has 0 aromatic rings. The summed E-state index contributed by atoms with van der Waals surface area (Å²) < 4.78 is 110. The molecular formula is C9H7F9. The fourth-order valence-corrected chi connectivity index (χ4v) is 0.804. The highest BCUT2D eigenvalue weighted by molar-refractivity contribution is 5.10. The van der Waals surface area contributed by atoms with Crippen LogP contribution in [0.25, 0.3) is 0 Å². The van der Waals surface area contributed by atoms with Crippen LogP contribution in [-0.2, 0) is 0 Å². The van der Waals surface area contributed by atoms with E-state index in [0.717, 1.165) is 6.08 Å². The van der Waals surface area contributed by atoms with Crippen molar-refractivity contribution in [3.05, 3.63) is 24.8 Å². The lowest BCUT2D eigenvalue weighted by molar-refractivity contribution is -0.388. The second-order valence-corrected chi connectivity index (χ2v) is 3.20. The first-order chi connectivity index (χ1) is 7.81. The number of alkyl halides is 9. The molecule has 0 heterocycles. The Balaban J connectivity index is 5.42. The topological polar surface area (TPSA) is 0 Å². The summed E-state index contributed by atoms with van der Waals surface area (Å²) in [5.41, 5.74) is 0. The van der Waals surface area contributed by atoms with E-state index < -0.39 is 30.0 Å². The van der Waals surface area contributed by atoms with Gasteiger partial charge in [-0.05, 0) is 12.5 Å². The number of halogens is 9. The highest BCUT2D eigenvalue weighted by atomic mass is 19.4. The zero-order chi connectivity index (χ0) is 14.8. The summed E-state index contributed by atoms with van der Waals surface area (Å²) in [5, 5.41) is 0. The van der Waals surface area contributed by atoms with E-state index in [2.05, 4.69) is 6.58 Å². The van der Waals surface area contributed by atoms with E-state index in [1.54, 1.807) is 0 Å². The maximum Gasteiger partial charge on any atom is 0.460 e.